The Kier molecular flexibility index (Phi) is 6.58. The molecule has 0 radical (unpaired) electrons. The first-order chi connectivity index (χ1) is 15.5. The third kappa shape index (κ3) is 4.54. The van der Waals surface area contributed by atoms with Crippen LogP contribution >= 0.6 is 0 Å². The van der Waals surface area contributed by atoms with E-state index in [9.17, 15) is 9.90 Å². The van der Waals surface area contributed by atoms with Gasteiger partial charge in [0.25, 0.3) is 5.91 Å². The standard InChI is InChI=1S/C25H29N3O4/c1-16-11-24-20(25(30)28(15-32-24)22-14-31-10-8-23(22)29)13-19(16)12-17-3-5-18(6-4-17)21(26)7-9-27-2/h3-7,9,11,13,22-23,26-27,29H,8,10,12,14-15H2,1-2H3/b9-7-,26-21?/t22-,23-/m0/s1. The molecule has 168 valence electrons. The first kappa shape index (κ1) is 22.0. The van der Waals surface area contributed by atoms with Crippen molar-refractivity contribution in [3.05, 3.63) is 76.5 Å². The highest BCUT2D eigenvalue weighted by Crippen LogP contribution is 2.31. The van der Waals surface area contributed by atoms with E-state index in [0.717, 1.165) is 22.3 Å². The predicted octanol–water partition coefficient (Wildman–Crippen LogP) is 2.63. The van der Waals surface area contributed by atoms with Gasteiger partial charge in [0.05, 0.1) is 30.0 Å². The third-order valence-electron chi connectivity index (χ3n) is 6.06. The summed E-state index contributed by atoms with van der Waals surface area (Å²) in [5.41, 5.74) is 4.99. The summed E-state index contributed by atoms with van der Waals surface area (Å²) in [7, 11) is 1.80. The minimum absolute atomic E-state index is 0.116. The van der Waals surface area contributed by atoms with Crippen molar-refractivity contribution in [3.8, 4) is 5.75 Å². The molecule has 0 unspecified atom stereocenters. The van der Waals surface area contributed by atoms with Crippen LogP contribution < -0.4 is 10.1 Å². The second-order valence-electron chi connectivity index (χ2n) is 8.23. The van der Waals surface area contributed by atoms with Gasteiger partial charge < -0.3 is 25.3 Å². The summed E-state index contributed by atoms with van der Waals surface area (Å²) in [6, 6.07) is 11.3. The van der Waals surface area contributed by atoms with Gasteiger partial charge in [0.1, 0.15) is 5.75 Å². The molecule has 1 amide bonds. The topological polar surface area (TPSA) is 94.9 Å². The molecule has 2 atom stereocenters. The van der Waals surface area contributed by atoms with Crippen molar-refractivity contribution in [2.24, 2.45) is 0 Å². The van der Waals surface area contributed by atoms with E-state index in [2.05, 4.69) is 5.32 Å². The molecule has 0 aliphatic carbocycles. The van der Waals surface area contributed by atoms with E-state index < -0.39 is 12.1 Å². The average molecular weight is 436 g/mol. The molecule has 0 bridgehead atoms. The second kappa shape index (κ2) is 9.54. The van der Waals surface area contributed by atoms with Crippen molar-refractivity contribution in [3.63, 3.8) is 0 Å². The van der Waals surface area contributed by atoms with Gasteiger partial charge >= 0.3 is 0 Å². The quantitative estimate of drug-likeness (QED) is 0.607. The third-order valence-corrected chi connectivity index (χ3v) is 6.06. The van der Waals surface area contributed by atoms with Crippen LogP contribution in [-0.2, 0) is 11.2 Å². The van der Waals surface area contributed by atoms with Crippen LogP contribution in [0.15, 0.2) is 48.7 Å². The van der Waals surface area contributed by atoms with Gasteiger partial charge in [0, 0.05) is 13.7 Å². The molecule has 0 aromatic heterocycles. The lowest BCUT2D eigenvalue weighted by Gasteiger charge is -2.39. The van der Waals surface area contributed by atoms with Crippen molar-refractivity contribution < 1.29 is 19.4 Å². The monoisotopic (exact) mass is 435 g/mol. The lowest BCUT2D eigenvalue weighted by Crippen LogP contribution is -2.54. The Labute approximate surface area is 188 Å². The van der Waals surface area contributed by atoms with Crippen molar-refractivity contribution in [1.82, 2.24) is 10.2 Å². The predicted molar refractivity (Wildman–Crippen MR) is 122 cm³/mol. The summed E-state index contributed by atoms with van der Waals surface area (Å²) in [6.07, 6.45) is 4.02. The minimum Gasteiger partial charge on any atom is -0.472 e. The summed E-state index contributed by atoms with van der Waals surface area (Å²) in [5, 5.41) is 21.3. The van der Waals surface area contributed by atoms with Crippen molar-refractivity contribution in [2.45, 2.75) is 31.9 Å². The van der Waals surface area contributed by atoms with Crippen LogP contribution in [0.1, 0.15) is 39.0 Å². The van der Waals surface area contributed by atoms with Crippen LogP contribution in [0, 0.1) is 12.3 Å². The van der Waals surface area contributed by atoms with Gasteiger partial charge in [-0.2, -0.15) is 0 Å². The number of aliphatic hydroxyl groups excluding tert-OH is 1. The number of allylic oxidation sites excluding steroid dienone is 1. The van der Waals surface area contributed by atoms with Crippen LogP contribution in [0.25, 0.3) is 0 Å². The summed E-state index contributed by atoms with van der Waals surface area (Å²) >= 11 is 0. The molecule has 0 spiro atoms. The van der Waals surface area contributed by atoms with E-state index in [1.807, 2.05) is 43.3 Å². The molecule has 2 heterocycles. The van der Waals surface area contributed by atoms with E-state index in [1.165, 1.54) is 0 Å². The second-order valence-corrected chi connectivity index (χ2v) is 8.23. The molecule has 4 rings (SSSR count). The molecule has 7 heteroatoms. The number of amides is 1. The summed E-state index contributed by atoms with van der Waals surface area (Å²) in [5.74, 6) is 0.445. The molecular formula is C25H29N3O4. The molecule has 2 aliphatic heterocycles. The number of nitrogens with zero attached hydrogens (tertiary/aromatic N) is 1. The Morgan fingerprint density at radius 1 is 1.31 bits per heavy atom. The van der Waals surface area contributed by atoms with Crippen LogP contribution in [-0.4, -0.2) is 60.8 Å². The molecule has 2 aliphatic rings. The van der Waals surface area contributed by atoms with Crippen LogP contribution in [0.5, 0.6) is 5.75 Å². The van der Waals surface area contributed by atoms with E-state index >= 15 is 0 Å². The van der Waals surface area contributed by atoms with Gasteiger partial charge in [-0.25, -0.2) is 0 Å². The molecule has 3 N–H and O–H groups in total. The zero-order chi connectivity index (χ0) is 22.7. The van der Waals surface area contributed by atoms with E-state index in [0.29, 0.717) is 43.1 Å². The SMILES string of the molecule is CN/C=C\C(=N)c1ccc(Cc2cc3c(cc2C)OCN([C@H]2COCC[C@@H]2O)C3=O)cc1. The highest BCUT2D eigenvalue weighted by Gasteiger charge is 2.37. The largest absolute Gasteiger partial charge is 0.472 e. The first-order valence-electron chi connectivity index (χ1n) is 10.8. The number of fused-ring (bicyclic) bond motifs is 1. The van der Waals surface area contributed by atoms with Gasteiger partial charge in [0.15, 0.2) is 6.73 Å². The molecule has 2 aromatic rings. The van der Waals surface area contributed by atoms with Gasteiger partial charge in [-0.3, -0.25) is 9.69 Å². The van der Waals surface area contributed by atoms with Gasteiger partial charge in [-0.1, -0.05) is 24.3 Å². The maximum atomic E-state index is 13.2. The maximum absolute atomic E-state index is 13.2. The van der Waals surface area contributed by atoms with Crippen LogP contribution in [0.3, 0.4) is 0 Å². The minimum atomic E-state index is -0.608. The van der Waals surface area contributed by atoms with Crippen molar-refractivity contribution >= 4 is 11.6 Å². The van der Waals surface area contributed by atoms with Crippen LogP contribution in [0.2, 0.25) is 0 Å². The van der Waals surface area contributed by atoms with E-state index in [-0.39, 0.29) is 12.6 Å². The van der Waals surface area contributed by atoms with Crippen LogP contribution in [0.4, 0.5) is 0 Å². The molecular weight excluding hydrogens is 406 g/mol. The van der Waals surface area contributed by atoms with Gasteiger partial charge in [-0.15, -0.1) is 0 Å². The van der Waals surface area contributed by atoms with Gasteiger partial charge in [0.2, 0.25) is 0 Å². The fraction of sp³-hybridized carbons (Fsp3) is 0.360. The molecule has 0 saturated carbocycles. The zero-order valence-electron chi connectivity index (χ0n) is 18.4. The Hall–Kier alpha value is -3.16. The number of hydrogen-bond donors (Lipinski definition) is 3. The number of nitrogens with one attached hydrogen (secondary N) is 2. The molecule has 7 nitrogen and oxygen atoms in total. The summed E-state index contributed by atoms with van der Waals surface area (Å²) in [4.78, 5) is 14.8. The normalized spacial score (nSPS) is 20.7. The van der Waals surface area contributed by atoms with E-state index in [4.69, 9.17) is 14.9 Å². The number of carbonyl (C=O) groups excluding carboxylic acids is 1. The number of aryl methyl sites for hydroxylation is 1. The number of hydrogen-bond acceptors (Lipinski definition) is 6. The van der Waals surface area contributed by atoms with Crippen molar-refractivity contribution in [1.29, 1.82) is 5.41 Å². The summed E-state index contributed by atoms with van der Waals surface area (Å²) < 4.78 is 11.4. The lowest BCUT2D eigenvalue weighted by molar-refractivity contribution is -0.0696. The van der Waals surface area contributed by atoms with Crippen molar-refractivity contribution in [2.75, 3.05) is 27.0 Å². The first-order valence-corrected chi connectivity index (χ1v) is 10.8. The molecule has 1 saturated heterocycles. The Bertz CT molecular complexity index is 1030. The smallest absolute Gasteiger partial charge is 0.260 e. The zero-order valence-corrected chi connectivity index (χ0v) is 18.4. The Balaban J connectivity index is 1.54. The number of ether oxygens (including phenoxy) is 2. The number of benzene rings is 2. The van der Waals surface area contributed by atoms with E-state index in [1.54, 1.807) is 24.2 Å². The highest BCUT2D eigenvalue weighted by atomic mass is 16.5. The molecule has 1 fully saturated rings. The molecule has 2 aromatic carbocycles. The highest BCUT2D eigenvalue weighted by molar-refractivity contribution is 6.06. The Morgan fingerprint density at radius 2 is 2.09 bits per heavy atom. The Morgan fingerprint density at radius 3 is 2.81 bits per heavy atom. The number of aliphatic hydroxyl groups is 1. The lowest BCUT2D eigenvalue weighted by atomic mass is 9.95. The fourth-order valence-electron chi connectivity index (χ4n) is 4.10. The number of rotatable bonds is 6. The summed E-state index contributed by atoms with van der Waals surface area (Å²) in [6.45, 7) is 2.95. The van der Waals surface area contributed by atoms with Gasteiger partial charge in [-0.05, 0) is 66.4 Å². The molecule has 32 heavy (non-hydrogen) atoms. The average Bonchev–Trinajstić information content (AvgIpc) is 2.80. The number of carbonyl (C=O) groups is 1. The fourth-order valence-corrected chi connectivity index (χ4v) is 4.10. The maximum Gasteiger partial charge on any atom is 0.260 e.